The van der Waals surface area contributed by atoms with Crippen LogP contribution in [0.15, 0.2) is 0 Å². The largest absolute Gasteiger partial charge is 0.304 e. The van der Waals surface area contributed by atoms with Crippen LogP contribution in [0.5, 0.6) is 0 Å². The average molecular weight is 258 g/mol. The highest BCUT2D eigenvalue weighted by Gasteiger charge is 2.03. The van der Waals surface area contributed by atoms with Gasteiger partial charge in [-0.2, -0.15) is 0 Å². The Balaban J connectivity index is 3.55. The fraction of sp³-hybridized carbons (Fsp3) is 0.846. The van der Waals surface area contributed by atoms with Crippen molar-refractivity contribution in [2.45, 2.75) is 33.1 Å². The first kappa shape index (κ1) is 16.7. The Kier molecular flexibility index (Phi) is 10.6. The minimum absolute atomic E-state index is 0.494. The summed E-state index contributed by atoms with van der Waals surface area (Å²) in [7, 11) is 2.01. The zero-order valence-electron chi connectivity index (χ0n) is 11.4. The van der Waals surface area contributed by atoms with Crippen LogP contribution in [0, 0.1) is 0 Å². The van der Waals surface area contributed by atoms with E-state index in [1.165, 1.54) is 25.9 Å². The molecule has 0 aliphatic heterocycles. The molecular weight excluding hydrogens is 232 g/mol. The number of thiocarbonyl (C=S) groups is 1. The summed E-state index contributed by atoms with van der Waals surface area (Å²) in [5.41, 5.74) is 0. The van der Waals surface area contributed by atoms with Crippen LogP contribution in [0.4, 0.5) is 0 Å². The Labute approximate surface area is 111 Å². The van der Waals surface area contributed by atoms with Crippen LogP contribution in [0.3, 0.4) is 0 Å². The molecule has 0 aromatic rings. The van der Waals surface area contributed by atoms with Crippen molar-refractivity contribution >= 4 is 23.4 Å². The number of carbonyl (C=O) groups is 1. The fourth-order valence-corrected chi connectivity index (χ4v) is 2.06. The molecule has 0 saturated heterocycles. The van der Waals surface area contributed by atoms with Crippen molar-refractivity contribution in [1.29, 1.82) is 0 Å². The maximum Gasteiger partial charge on any atom is 0.158 e. The third-order valence-electron chi connectivity index (χ3n) is 2.81. The molecular formula is C13H26N2OS. The van der Waals surface area contributed by atoms with E-state index < -0.39 is 0 Å². The number of unbranched alkanes of at least 4 members (excludes halogenated alkanes) is 1. The van der Waals surface area contributed by atoms with Gasteiger partial charge < -0.3 is 9.80 Å². The molecule has 0 saturated carbocycles. The molecule has 3 nitrogen and oxygen atoms in total. The van der Waals surface area contributed by atoms with Crippen molar-refractivity contribution in [1.82, 2.24) is 9.80 Å². The Bertz CT molecular complexity index is 221. The van der Waals surface area contributed by atoms with Crippen molar-refractivity contribution in [3.8, 4) is 0 Å². The van der Waals surface area contributed by atoms with Crippen LogP contribution >= 0.6 is 12.2 Å². The van der Waals surface area contributed by atoms with Crippen molar-refractivity contribution < 1.29 is 4.79 Å². The summed E-state index contributed by atoms with van der Waals surface area (Å²) in [6.07, 6.45) is 4.37. The van der Waals surface area contributed by atoms with Gasteiger partial charge in [-0.15, -0.1) is 0 Å². The molecule has 0 fully saturated rings. The van der Waals surface area contributed by atoms with E-state index in [9.17, 15) is 4.79 Å². The number of rotatable bonds is 11. The van der Waals surface area contributed by atoms with Crippen LogP contribution in [-0.4, -0.2) is 60.7 Å². The van der Waals surface area contributed by atoms with Crippen LogP contribution < -0.4 is 0 Å². The smallest absolute Gasteiger partial charge is 0.158 e. The first-order chi connectivity index (χ1) is 8.13. The lowest BCUT2D eigenvalue weighted by Gasteiger charge is -2.20. The second kappa shape index (κ2) is 10.8. The van der Waals surface area contributed by atoms with Gasteiger partial charge in [0.15, 0.2) is 6.29 Å². The molecule has 0 rings (SSSR count). The molecule has 100 valence electrons. The molecule has 0 unspecified atom stereocenters. The maximum absolute atomic E-state index is 10.4. The van der Waals surface area contributed by atoms with Gasteiger partial charge in [0.1, 0.15) is 0 Å². The normalized spacial score (nSPS) is 11.1. The first-order valence-electron chi connectivity index (χ1n) is 6.52. The van der Waals surface area contributed by atoms with Crippen LogP contribution in [-0.2, 0) is 4.79 Å². The van der Waals surface area contributed by atoms with Crippen LogP contribution in [0.2, 0.25) is 0 Å². The number of hydrogen-bond acceptors (Lipinski definition) is 4. The Hall–Kier alpha value is -0.320. The molecule has 0 heterocycles. The van der Waals surface area contributed by atoms with Gasteiger partial charge in [0.2, 0.25) is 0 Å². The molecule has 0 radical (unpaired) electrons. The van der Waals surface area contributed by atoms with E-state index in [4.69, 9.17) is 12.2 Å². The average Bonchev–Trinajstić information content (AvgIpc) is 2.32. The highest BCUT2D eigenvalue weighted by atomic mass is 32.1. The zero-order valence-corrected chi connectivity index (χ0v) is 12.3. The quantitative estimate of drug-likeness (QED) is 0.321. The summed E-state index contributed by atoms with van der Waals surface area (Å²) in [4.78, 5) is 15.5. The Morgan fingerprint density at radius 2 is 1.82 bits per heavy atom. The van der Waals surface area contributed by atoms with E-state index in [2.05, 4.69) is 23.6 Å². The van der Waals surface area contributed by atoms with Gasteiger partial charge in [-0.3, -0.25) is 4.79 Å². The lowest BCUT2D eigenvalue weighted by molar-refractivity contribution is -0.102. The highest BCUT2D eigenvalue weighted by molar-refractivity contribution is 7.81. The summed E-state index contributed by atoms with van der Waals surface area (Å²) in [6, 6.07) is 0. The van der Waals surface area contributed by atoms with Crippen LogP contribution in [0.25, 0.3) is 0 Å². The van der Waals surface area contributed by atoms with Crippen molar-refractivity contribution in [2.24, 2.45) is 0 Å². The minimum Gasteiger partial charge on any atom is -0.304 e. The van der Waals surface area contributed by atoms with Gasteiger partial charge in [0.25, 0.3) is 0 Å². The van der Waals surface area contributed by atoms with E-state index in [1.807, 2.05) is 7.05 Å². The lowest BCUT2D eigenvalue weighted by atomic mass is 10.2. The number of hydrogen-bond donors (Lipinski definition) is 0. The molecule has 0 N–H and O–H groups in total. The number of aldehydes is 1. The predicted octanol–water partition coefficient (Wildman–Crippen LogP) is 2.00. The summed E-state index contributed by atoms with van der Waals surface area (Å²) < 4.78 is 0. The topological polar surface area (TPSA) is 23.6 Å². The summed E-state index contributed by atoms with van der Waals surface area (Å²) in [5, 5.41) is 0. The first-order valence-corrected chi connectivity index (χ1v) is 6.93. The molecule has 4 heteroatoms. The van der Waals surface area contributed by atoms with Crippen molar-refractivity contribution in [3.63, 3.8) is 0 Å². The van der Waals surface area contributed by atoms with E-state index >= 15 is 0 Å². The molecule has 0 aliphatic carbocycles. The van der Waals surface area contributed by atoms with E-state index in [0.717, 1.165) is 25.8 Å². The second-order valence-electron chi connectivity index (χ2n) is 4.46. The van der Waals surface area contributed by atoms with E-state index in [0.29, 0.717) is 11.4 Å². The number of carbonyl (C=O) groups excluding carboxylic acids is 1. The summed E-state index contributed by atoms with van der Waals surface area (Å²) >= 11 is 4.89. The molecule has 0 amide bonds. The maximum atomic E-state index is 10.4. The van der Waals surface area contributed by atoms with Gasteiger partial charge in [-0.25, -0.2) is 0 Å². The fourth-order valence-electron chi connectivity index (χ4n) is 1.84. The van der Waals surface area contributed by atoms with E-state index in [1.54, 1.807) is 0 Å². The molecule has 0 bridgehead atoms. The Morgan fingerprint density at radius 3 is 2.35 bits per heavy atom. The van der Waals surface area contributed by atoms with Crippen molar-refractivity contribution in [3.05, 3.63) is 0 Å². The third kappa shape index (κ3) is 9.39. The Morgan fingerprint density at radius 1 is 1.18 bits per heavy atom. The highest BCUT2D eigenvalue weighted by Crippen LogP contribution is 1.98. The monoisotopic (exact) mass is 258 g/mol. The molecule has 17 heavy (non-hydrogen) atoms. The van der Waals surface area contributed by atoms with Gasteiger partial charge in [0, 0.05) is 6.54 Å². The van der Waals surface area contributed by atoms with Gasteiger partial charge >= 0.3 is 0 Å². The third-order valence-corrected chi connectivity index (χ3v) is 3.03. The summed E-state index contributed by atoms with van der Waals surface area (Å²) in [5.74, 6) is 0. The minimum atomic E-state index is 0.494. The van der Waals surface area contributed by atoms with Gasteiger partial charge in [-0.1, -0.05) is 26.1 Å². The number of nitrogens with zero attached hydrogens (tertiary/aromatic N) is 2. The SMILES string of the molecule is CCCN(CC)CCCCN(C)CC(=S)C=O. The lowest BCUT2D eigenvalue weighted by Crippen LogP contribution is -2.28. The van der Waals surface area contributed by atoms with Crippen molar-refractivity contribution in [2.75, 3.05) is 39.8 Å². The standard InChI is InChI=1S/C13H26N2OS/c1-4-8-15(5-2)10-7-6-9-14(3)11-13(17)12-16/h12H,4-11H2,1-3H3. The molecule has 0 aromatic carbocycles. The predicted molar refractivity (Wildman–Crippen MR) is 77.8 cm³/mol. The van der Waals surface area contributed by atoms with Crippen LogP contribution in [0.1, 0.15) is 33.1 Å². The second-order valence-corrected chi connectivity index (χ2v) is 4.99. The zero-order chi connectivity index (χ0) is 13.1. The molecule has 0 atom stereocenters. The van der Waals surface area contributed by atoms with Gasteiger partial charge in [0.05, 0.1) is 4.86 Å². The van der Waals surface area contributed by atoms with Gasteiger partial charge in [-0.05, 0) is 52.5 Å². The molecule has 0 aromatic heterocycles. The molecule has 0 spiro atoms. The molecule has 0 aliphatic rings. The van der Waals surface area contributed by atoms with E-state index in [-0.39, 0.29) is 0 Å². The summed E-state index contributed by atoms with van der Waals surface area (Å²) in [6.45, 7) is 9.57.